The van der Waals surface area contributed by atoms with Crippen molar-refractivity contribution in [3.05, 3.63) is 35.4 Å². The minimum absolute atomic E-state index is 0.00796. The van der Waals surface area contributed by atoms with Gasteiger partial charge in [-0.25, -0.2) is 8.78 Å². The Balaban J connectivity index is 2.40. The van der Waals surface area contributed by atoms with Crippen LogP contribution in [0, 0.1) is 23.5 Å². The van der Waals surface area contributed by atoms with Gasteiger partial charge in [-0.1, -0.05) is 13.0 Å². The highest BCUT2D eigenvalue weighted by Gasteiger charge is 2.43. The van der Waals surface area contributed by atoms with Gasteiger partial charge in [0.1, 0.15) is 11.6 Å². The molecule has 1 aromatic carbocycles. The minimum atomic E-state index is -0.601. The first kappa shape index (κ1) is 14.4. The van der Waals surface area contributed by atoms with Gasteiger partial charge in [0.2, 0.25) is 0 Å². The summed E-state index contributed by atoms with van der Waals surface area (Å²) in [4.78, 5) is 0. The van der Waals surface area contributed by atoms with E-state index < -0.39 is 17.7 Å². The van der Waals surface area contributed by atoms with Gasteiger partial charge >= 0.3 is 0 Å². The van der Waals surface area contributed by atoms with Crippen molar-refractivity contribution in [3.63, 3.8) is 0 Å². The fourth-order valence-corrected chi connectivity index (χ4v) is 3.06. The van der Waals surface area contributed by atoms with E-state index in [1.165, 1.54) is 18.2 Å². The van der Waals surface area contributed by atoms with Gasteiger partial charge in [-0.05, 0) is 31.9 Å². The van der Waals surface area contributed by atoms with Gasteiger partial charge in [-0.3, -0.25) is 11.3 Å². The molecule has 0 aliphatic carbocycles. The third kappa shape index (κ3) is 2.50. The number of rotatable bonds is 3. The molecule has 0 radical (unpaired) electrons. The average Bonchev–Trinajstić information content (AvgIpc) is 2.59. The smallest absolute Gasteiger partial charge is 0.130 e. The molecular weight excluding hydrogens is 250 g/mol. The monoisotopic (exact) mass is 270 g/mol. The molecule has 19 heavy (non-hydrogen) atoms. The molecule has 3 nitrogen and oxygen atoms in total. The zero-order valence-corrected chi connectivity index (χ0v) is 11.4. The van der Waals surface area contributed by atoms with E-state index >= 15 is 0 Å². The lowest BCUT2D eigenvalue weighted by Gasteiger charge is -2.29. The van der Waals surface area contributed by atoms with Crippen molar-refractivity contribution in [1.29, 1.82) is 0 Å². The minimum Gasteiger partial charge on any atom is -0.375 e. The van der Waals surface area contributed by atoms with E-state index in [9.17, 15) is 8.78 Å². The Hall–Kier alpha value is -1.04. The Morgan fingerprint density at radius 3 is 2.16 bits per heavy atom. The number of halogens is 2. The zero-order valence-electron chi connectivity index (χ0n) is 11.4. The van der Waals surface area contributed by atoms with Crippen LogP contribution in [0.25, 0.3) is 0 Å². The van der Waals surface area contributed by atoms with Gasteiger partial charge in [-0.15, -0.1) is 0 Å². The summed E-state index contributed by atoms with van der Waals surface area (Å²) in [5.41, 5.74) is 2.56. The molecule has 106 valence electrons. The Kier molecular flexibility index (Phi) is 4.18. The lowest BCUT2D eigenvalue weighted by Crippen LogP contribution is -2.39. The molecular formula is C14H20F2N2O. The molecule has 5 heteroatoms. The highest BCUT2D eigenvalue weighted by Crippen LogP contribution is 2.41. The average molecular weight is 270 g/mol. The van der Waals surface area contributed by atoms with E-state index in [4.69, 9.17) is 10.6 Å². The lowest BCUT2D eigenvalue weighted by atomic mass is 9.80. The molecule has 3 N–H and O–H groups in total. The van der Waals surface area contributed by atoms with E-state index in [1.54, 1.807) is 0 Å². The summed E-state index contributed by atoms with van der Waals surface area (Å²) in [5, 5.41) is 0. The number of hydrazine groups is 1. The van der Waals surface area contributed by atoms with Crippen molar-refractivity contribution >= 4 is 0 Å². The molecule has 1 aromatic rings. The van der Waals surface area contributed by atoms with Gasteiger partial charge in [0.05, 0.1) is 18.2 Å². The summed E-state index contributed by atoms with van der Waals surface area (Å²) in [5.74, 6) is 4.47. The normalized spacial score (nSPS) is 32.5. The van der Waals surface area contributed by atoms with E-state index in [-0.39, 0.29) is 29.6 Å². The van der Waals surface area contributed by atoms with Crippen LogP contribution in [-0.4, -0.2) is 12.2 Å². The highest BCUT2D eigenvalue weighted by molar-refractivity contribution is 5.25. The molecule has 1 fully saturated rings. The molecule has 5 atom stereocenters. The van der Waals surface area contributed by atoms with Crippen molar-refractivity contribution in [2.24, 2.45) is 17.7 Å². The van der Waals surface area contributed by atoms with Crippen molar-refractivity contribution in [1.82, 2.24) is 5.43 Å². The van der Waals surface area contributed by atoms with E-state index in [1.807, 2.05) is 20.8 Å². The molecule has 2 rings (SSSR count). The van der Waals surface area contributed by atoms with Crippen molar-refractivity contribution in [3.8, 4) is 0 Å². The maximum absolute atomic E-state index is 13.9. The first-order valence-electron chi connectivity index (χ1n) is 6.52. The SMILES string of the molecule is CC1OC(C)C(C(NN)c2c(F)cccc2F)C1C. The van der Waals surface area contributed by atoms with Crippen LogP contribution in [0.15, 0.2) is 18.2 Å². The summed E-state index contributed by atoms with van der Waals surface area (Å²) in [6, 6.07) is 3.24. The third-order valence-corrected chi connectivity index (χ3v) is 4.19. The third-order valence-electron chi connectivity index (χ3n) is 4.19. The maximum Gasteiger partial charge on any atom is 0.130 e. The van der Waals surface area contributed by atoms with Gasteiger partial charge in [0.25, 0.3) is 0 Å². The van der Waals surface area contributed by atoms with Crippen LogP contribution in [0.2, 0.25) is 0 Å². The molecule has 1 aliphatic rings. The summed E-state index contributed by atoms with van der Waals surface area (Å²) in [6.45, 7) is 5.89. The maximum atomic E-state index is 13.9. The van der Waals surface area contributed by atoms with Gasteiger partial charge in [-0.2, -0.15) is 0 Å². The predicted molar refractivity (Wildman–Crippen MR) is 69.1 cm³/mol. The van der Waals surface area contributed by atoms with Crippen LogP contribution in [-0.2, 0) is 4.74 Å². The van der Waals surface area contributed by atoms with Crippen molar-refractivity contribution < 1.29 is 13.5 Å². The number of hydrogen-bond acceptors (Lipinski definition) is 3. The van der Waals surface area contributed by atoms with Gasteiger partial charge in [0.15, 0.2) is 0 Å². The lowest BCUT2D eigenvalue weighted by molar-refractivity contribution is 0.0472. The van der Waals surface area contributed by atoms with Crippen LogP contribution >= 0.6 is 0 Å². The first-order chi connectivity index (χ1) is 8.97. The zero-order chi connectivity index (χ0) is 14.2. The number of benzene rings is 1. The molecule has 0 amide bonds. The van der Waals surface area contributed by atoms with Crippen LogP contribution in [0.1, 0.15) is 32.4 Å². The summed E-state index contributed by atoms with van der Waals surface area (Å²) >= 11 is 0. The molecule has 1 saturated heterocycles. The largest absolute Gasteiger partial charge is 0.375 e. The Bertz CT molecular complexity index is 435. The first-order valence-corrected chi connectivity index (χ1v) is 6.52. The number of nitrogens with two attached hydrogens (primary N) is 1. The second-order valence-corrected chi connectivity index (χ2v) is 5.26. The molecule has 0 bridgehead atoms. The Morgan fingerprint density at radius 1 is 1.16 bits per heavy atom. The predicted octanol–water partition coefficient (Wildman–Crippen LogP) is 2.53. The quantitative estimate of drug-likeness (QED) is 0.655. The number of nitrogens with one attached hydrogen (secondary N) is 1. The van der Waals surface area contributed by atoms with Gasteiger partial charge < -0.3 is 4.74 Å². The number of ether oxygens (including phenoxy) is 1. The van der Waals surface area contributed by atoms with Gasteiger partial charge in [0, 0.05) is 11.5 Å². The van der Waals surface area contributed by atoms with E-state index in [0.717, 1.165) is 0 Å². The standard InChI is InChI=1S/C14H20F2N2O/c1-7-8(2)19-9(3)12(7)14(18-17)13-10(15)5-4-6-11(13)16/h4-9,12,14,18H,17H2,1-3H3. The molecule has 0 aromatic heterocycles. The fraction of sp³-hybridized carbons (Fsp3) is 0.571. The van der Waals surface area contributed by atoms with Crippen LogP contribution < -0.4 is 11.3 Å². The Morgan fingerprint density at radius 2 is 1.74 bits per heavy atom. The van der Waals surface area contributed by atoms with Crippen molar-refractivity contribution in [2.75, 3.05) is 0 Å². The molecule has 0 spiro atoms. The topological polar surface area (TPSA) is 47.3 Å². The Labute approximate surface area is 112 Å². The van der Waals surface area contributed by atoms with E-state index in [2.05, 4.69) is 5.43 Å². The molecule has 0 saturated carbocycles. The van der Waals surface area contributed by atoms with Crippen LogP contribution in [0.3, 0.4) is 0 Å². The summed E-state index contributed by atoms with van der Waals surface area (Å²) in [7, 11) is 0. The second kappa shape index (κ2) is 5.53. The second-order valence-electron chi connectivity index (χ2n) is 5.26. The van der Waals surface area contributed by atoms with E-state index in [0.29, 0.717) is 0 Å². The van der Waals surface area contributed by atoms with Crippen molar-refractivity contribution in [2.45, 2.75) is 39.0 Å². The molecule has 1 heterocycles. The summed E-state index contributed by atoms with van der Waals surface area (Å²) < 4.78 is 33.6. The number of hydrogen-bond donors (Lipinski definition) is 2. The summed E-state index contributed by atoms with van der Waals surface area (Å²) in [6.07, 6.45) is -0.0595. The van der Waals surface area contributed by atoms with Crippen LogP contribution in [0.4, 0.5) is 8.78 Å². The molecule has 1 aliphatic heterocycles. The van der Waals surface area contributed by atoms with Crippen LogP contribution in [0.5, 0.6) is 0 Å². The fourth-order valence-electron chi connectivity index (χ4n) is 3.06. The highest BCUT2D eigenvalue weighted by atomic mass is 19.1. The molecule has 5 unspecified atom stereocenters.